The third kappa shape index (κ3) is 4.04. The van der Waals surface area contributed by atoms with Crippen LogP contribution in [0.3, 0.4) is 0 Å². The molecule has 3 aliphatic heterocycles. The molecule has 198 valence electrons. The molecule has 2 unspecified atom stereocenters. The summed E-state index contributed by atoms with van der Waals surface area (Å²) in [5, 5.41) is 21.4. The number of hydrogen-bond donors (Lipinski definition) is 1. The Morgan fingerprint density at radius 3 is 2.73 bits per heavy atom. The second kappa shape index (κ2) is 9.29. The quantitative estimate of drug-likeness (QED) is 0.204. The van der Waals surface area contributed by atoms with Crippen molar-refractivity contribution >= 4 is 46.1 Å². The van der Waals surface area contributed by atoms with Gasteiger partial charge in [-0.15, -0.1) is 0 Å². The van der Waals surface area contributed by atoms with Crippen molar-refractivity contribution in [2.24, 2.45) is 5.10 Å². The van der Waals surface area contributed by atoms with E-state index >= 15 is 0 Å². The highest BCUT2D eigenvalue weighted by Crippen LogP contribution is 2.52. The topological polar surface area (TPSA) is 110 Å². The van der Waals surface area contributed by atoms with Crippen LogP contribution in [0, 0.1) is 10.1 Å². The molecule has 1 fully saturated rings. The normalized spacial score (nSPS) is 22.1. The fraction of sp³-hybridized carbons (Fsp3) is 0.103. The smallest absolute Gasteiger partial charge is 0.314 e. The molecule has 1 amide bonds. The van der Waals surface area contributed by atoms with E-state index in [1.54, 1.807) is 30.3 Å². The van der Waals surface area contributed by atoms with Crippen LogP contribution < -0.4 is 10.1 Å². The number of para-hydroxylation sites is 1. The van der Waals surface area contributed by atoms with Gasteiger partial charge in [-0.3, -0.25) is 20.2 Å². The third-order valence-corrected chi connectivity index (χ3v) is 8.15. The Labute approximate surface area is 237 Å². The number of hydrazone groups is 1. The van der Waals surface area contributed by atoms with Crippen LogP contribution in [0.1, 0.15) is 29.3 Å². The molecule has 0 radical (unpaired) electrons. The number of amides is 1. The first-order valence-electron chi connectivity index (χ1n) is 12.4. The summed E-state index contributed by atoms with van der Waals surface area (Å²) in [6.45, 7) is 0. The summed E-state index contributed by atoms with van der Waals surface area (Å²) in [6.07, 6.45) is 2.35. The molecule has 40 heavy (non-hydrogen) atoms. The van der Waals surface area contributed by atoms with Crippen LogP contribution in [0.5, 0.6) is 5.75 Å². The van der Waals surface area contributed by atoms with Gasteiger partial charge in [0.15, 0.2) is 0 Å². The molecule has 0 saturated carbocycles. The molecule has 1 saturated heterocycles. The minimum atomic E-state index is -1.38. The van der Waals surface area contributed by atoms with Crippen LogP contribution >= 0.6 is 23.4 Å². The van der Waals surface area contributed by atoms with Gasteiger partial charge in [-0.2, -0.15) is 5.10 Å². The van der Waals surface area contributed by atoms with E-state index in [-0.39, 0.29) is 17.0 Å². The molecular formula is C29H19ClN4O5S. The third-order valence-electron chi connectivity index (χ3n) is 7.00. The number of rotatable bonds is 4. The lowest BCUT2D eigenvalue weighted by Gasteiger charge is -2.44. The van der Waals surface area contributed by atoms with E-state index in [4.69, 9.17) is 25.9 Å². The minimum absolute atomic E-state index is 0.0300. The Balaban J connectivity index is 1.31. The number of nitro benzene ring substituents is 1. The number of benzene rings is 3. The lowest BCUT2D eigenvalue weighted by Crippen LogP contribution is -2.61. The summed E-state index contributed by atoms with van der Waals surface area (Å²) in [5.74, 6) is 0.193. The van der Waals surface area contributed by atoms with Gasteiger partial charge in [0, 0.05) is 34.7 Å². The molecule has 3 aliphatic rings. The van der Waals surface area contributed by atoms with E-state index in [2.05, 4.69) is 5.32 Å². The Hall–Kier alpha value is -4.54. The van der Waals surface area contributed by atoms with E-state index in [0.717, 1.165) is 28.6 Å². The van der Waals surface area contributed by atoms with E-state index in [1.165, 1.54) is 12.1 Å². The lowest BCUT2D eigenvalue weighted by atomic mass is 9.96. The van der Waals surface area contributed by atoms with Crippen molar-refractivity contribution in [3.05, 3.63) is 122 Å². The molecule has 9 nitrogen and oxygen atoms in total. The predicted molar refractivity (Wildman–Crippen MR) is 152 cm³/mol. The first-order chi connectivity index (χ1) is 19.4. The van der Waals surface area contributed by atoms with E-state index in [1.807, 2.05) is 53.5 Å². The number of halogens is 1. The summed E-state index contributed by atoms with van der Waals surface area (Å²) in [6, 6.07) is 24.8. The zero-order valence-corrected chi connectivity index (χ0v) is 22.2. The van der Waals surface area contributed by atoms with Crippen molar-refractivity contribution in [1.82, 2.24) is 10.3 Å². The maximum atomic E-state index is 12.9. The maximum Gasteiger partial charge on any atom is 0.314 e. The van der Waals surface area contributed by atoms with Crippen molar-refractivity contribution in [1.29, 1.82) is 0 Å². The minimum Gasteiger partial charge on any atom is -0.457 e. The van der Waals surface area contributed by atoms with Crippen molar-refractivity contribution in [3.63, 3.8) is 0 Å². The predicted octanol–water partition coefficient (Wildman–Crippen LogP) is 7.20. The number of hydrogen-bond acceptors (Lipinski definition) is 8. The number of ether oxygens (including phenoxy) is 1. The number of nitrogens with one attached hydrogen (secondary N) is 1. The van der Waals surface area contributed by atoms with Gasteiger partial charge in [0.05, 0.1) is 21.6 Å². The first kappa shape index (κ1) is 24.5. The van der Waals surface area contributed by atoms with Crippen molar-refractivity contribution in [3.8, 4) is 17.1 Å². The first-order valence-corrected chi connectivity index (χ1v) is 13.6. The molecule has 2 atom stereocenters. The summed E-state index contributed by atoms with van der Waals surface area (Å²) in [4.78, 5) is 24.2. The van der Waals surface area contributed by atoms with Gasteiger partial charge in [0.1, 0.15) is 17.3 Å². The number of furan rings is 1. The Morgan fingerprint density at radius 1 is 1.07 bits per heavy atom. The second-order valence-corrected chi connectivity index (χ2v) is 10.9. The Bertz CT molecular complexity index is 1750. The number of non-ortho nitro benzene ring substituents is 1. The van der Waals surface area contributed by atoms with Crippen LogP contribution in [0.2, 0.25) is 5.02 Å². The fourth-order valence-electron chi connectivity index (χ4n) is 5.17. The van der Waals surface area contributed by atoms with Gasteiger partial charge in [-0.05, 0) is 53.7 Å². The number of thioether (sulfide) groups is 1. The zero-order valence-electron chi connectivity index (χ0n) is 20.6. The molecule has 0 aliphatic carbocycles. The largest absolute Gasteiger partial charge is 0.457 e. The fourth-order valence-corrected chi connectivity index (χ4v) is 6.18. The maximum absolute atomic E-state index is 12.9. The van der Waals surface area contributed by atoms with Crippen LogP contribution in [0.15, 0.2) is 99.4 Å². The van der Waals surface area contributed by atoms with Crippen LogP contribution in [-0.4, -0.2) is 26.7 Å². The number of carbonyl (C=O) groups excluding carboxylic acids is 1. The van der Waals surface area contributed by atoms with Gasteiger partial charge in [0.25, 0.3) is 10.9 Å². The molecule has 3 aromatic carbocycles. The lowest BCUT2D eigenvalue weighted by molar-refractivity contribution is -0.384. The molecule has 4 aromatic rings. The van der Waals surface area contributed by atoms with Gasteiger partial charge in [-0.25, -0.2) is 5.01 Å². The number of nitro groups is 1. The summed E-state index contributed by atoms with van der Waals surface area (Å²) < 4.78 is 12.6. The van der Waals surface area contributed by atoms with E-state index < -0.39 is 10.8 Å². The molecule has 7 rings (SSSR count). The molecule has 4 heterocycles. The standard InChI is InChI=1S/C29H19ClN4O5S/c30-19-10-8-17(9-11-19)23-16-24-22-6-1-2-7-26(22)39-29(33(24)32-23)27(40-28(35)31-29)15-21-12-13-25(38-21)18-4-3-5-20(14-18)34(36)37/h1-15,24H,16H2,(H,31,35). The summed E-state index contributed by atoms with van der Waals surface area (Å²) >= 11 is 7.12. The summed E-state index contributed by atoms with van der Waals surface area (Å²) in [7, 11) is 0. The molecule has 1 aromatic heterocycles. The van der Waals surface area contributed by atoms with Crippen molar-refractivity contribution in [2.75, 3.05) is 0 Å². The Kier molecular flexibility index (Phi) is 5.69. The van der Waals surface area contributed by atoms with Gasteiger partial charge in [-0.1, -0.05) is 54.1 Å². The van der Waals surface area contributed by atoms with Crippen molar-refractivity contribution < 1.29 is 18.9 Å². The SMILES string of the molecule is O=C1NC2(Oc3ccccc3C3CC(c4ccc(Cl)cc4)=NN32)C(=Cc2ccc(-c3cccc([N+](=O)[O-])c3)o2)S1. The molecule has 1 spiro atoms. The van der Waals surface area contributed by atoms with Crippen LogP contribution in [0.25, 0.3) is 17.4 Å². The van der Waals surface area contributed by atoms with Gasteiger partial charge < -0.3 is 9.15 Å². The monoisotopic (exact) mass is 570 g/mol. The number of fused-ring (bicyclic) bond motifs is 4. The van der Waals surface area contributed by atoms with E-state index in [0.29, 0.717) is 39.2 Å². The number of nitrogens with zero attached hydrogens (tertiary/aromatic N) is 3. The average molecular weight is 571 g/mol. The van der Waals surface area contributed by atoms with Gasteiger partial charge in [0.2, 0.25) is 0 Å². The highest BCUT2D eigenvalue weighted by Gasteiger charge is 2.58. The molecular weight excluding hydrogens is 552 g/mol. The van der Waals surface area contributed by atoms with Crippen molar-refractivity contribution in [2.45, 2.75) is 18.3 Å². The highest BCUT2D eigenvalue weighted by atomic mass is 35.5. The second-order valence-electron chi connectivity index (χ2n) is 9.43. The highest BCUT2D eigenvalue weighted by molar-refractivity contribution is 8.17. The molecule has 0 bridgehead atoms. The average Bonchev–Trinajstić information content (AvgIpc) is 3.68. The van der Waals surface area contributed by atoms with Crippen LogP contribution in [-0.2, 0) is 0 Å². The van der Waals surface area contributed by atoms with Gasteiger partial charge >= 0.3 is 5.85 Å². The molecule has 11 heteroatoms. The van der Waals surface area contributed by atoms with Crippen LogP contribution in [0.4, 0.5) is 10.5 Å². The number of carbonyl (C=O) groups is 1. The Morgan fingerprint density at radius 2 is 1.90 bits per heavy atom. The van der Waals surface area contributed by atoms with E-state index in [9.17, 15) is 14.9 Å². The molecule has 1 N–H and O–H groups in total. The summed E-state index contributed by atoms with van der Waals surface area (Å²) in [5.41, 5.74) is 3.29. The zero-order chi connectivity index (χ0) is 27.4.